The fourth-order valence-electron chi connectivity index (χ4n) is 2.30. The fraction of sp³-hybridized carbons (Fsp3) is 0.333. The summed E-state index contributed by atoms with van der Waals surface area (Å²) in [5, 5.41) is 10.4. The highest BCUT2D eigenvalue weighted by Gasteiger charge is 2.14. The van der Waals surface area contributed by atoms with Gasteiger partial charge in [0.2, 0.25) is 5.88 Å². The monoisotopic (exact) mass is 375 g/mol. The minimum Gasteiger partial charge on any atom is -0.494 e. The van der Waals surface area contributed by atoms with Gasteiger partial charge >= 0.3 is 5.97 Å². The van der Waals surface area contributed by atoms with Gasteiger partial charge in [0.15, 0.2) is 4.77 Å². The van der Waals surface area contributed by atoms with Crippen LogP contribution in [0, 0.1) is 4.77 Å². The summed E-state index contributed by atoms with van der Waals surface area (Å²) in [5.41, 5.74) is 0.443. The molecule has 0 aliphatic rings. The zero-order chi connectivity index (χ0) is 19.3. The second-order valence-corrected chi connectivity index (χ2v) is 6.04. The molecule has 0 aliphatic heterocycles. The van der Waals surface area contributed by atoms with Crippen molar-refractivity contribution in [2.45, 2.75) is 33.2 Å². The van der Waals surface area contributed by atoms with Crippen molar-refractivity contribution < 1.29 is 14.6 Å². The quantitative estimate of drug-likeness (QED) is 0.457. The molecule has 8 heteroatoms. The van der Waals surface area contributed by atoms with E-state index in [-0.39, 0.29) is 22.3 Å². The Hall–Kier alpha value is -2.74. The molecule has 1 atom stereocenters. The number of aromatic nitrogens is 2. The van der Waals surface area contributed by atoms with E-state index < -0.39 is 11.5 Å². The number of carbonyl (C=O) groups excluding carboxylic acids is 1. The van der Waals surface area contributed by atoms with E-state index in [4.69, 9.17) is 17.0 Å². The molecule has 0 bridgehead atoms. The summed E-state index contributed by atoms with van der Waals surface area (Å²) in [6.45, 7) is 5.88. The van der Waals surface area contributed by atoms with Gasteiger partial charge in [0, 0.05) is 12.3 Å². The Morgan fingerprint density at radius 1 is 1.38 bits per heavy atom. The molecule has 138 valence electrons. The van der Waals surface area contributed by atoms with Gasteiger partial charge in [0.25, 0.3) is 5.56 Å². The standard InChI is InChI=1S/C18H21N3O4S/c1-4-11(3)21-16(23)14(15(22)20-18(21)26)10-19-13-8-6-12(7-9-13)17(24)25-5-2/h6-11,23H,4-5H2,1-3H3,(H,20,22,26)/t11-/m0/s1. The smallest absolute Gasteiger partial charge is 0.338 e. The lowest BCUT2D eigenvalue weighted by atomic mass is 10.2. The molecule has 1 aromatic heterocycles. The predicted molar refractivity (Wildman–Crippen MR) is 102 cm³/mol. The van der Waals surface area contributed by atoms with Gasteiger partial charge in [-0.2, -0.15) is 0 Å². The van der Waals surface area contributed by atoms with Gasteiger partial charge in [0.1, 0.15) is 5.56 Å². The third-order valence-corrected chi connectivity index (χ3v) is 4.20. The van der Waals surface area contributed by atoms with Crippen molar-refractivity contribution in [2.75, 3.05) is 6.61 Å². The number of aromatic amines is 1. The number of esters is 1. The number of aromatic hydroxyl groups is 1. The van der Waals surface area contributed by atoms with Crippen molar-refractivity contribution in [1.29, 1.82) is 0 Å². The highest BCUT2D eigenvalue weighted by molar-refractivity contribution is 7.71. The molecule has 0 amide bonds. The molecule has 0 fully saturated rings. The van der Waals surface area contributed by atoms with Crippen LogP contribution < -0.4 is 5.56 Å². The number of nitrogens with zero attached hydrogens (tertiary/aromatic N) is 2. The number of H-pyrrole nitrogens is 1. The molecule has 0 unspecified atom stereocenters. The second kappa shape index (κ2) is 8.57. The van der Waals surface area contributed by atoms with Gasteiger partial charge in [-0.25, -0.2) is 4.79 Å². The van der Waals surface area contributed by atoms with Gasteiger partial charge in [-0.05, 0) is 56.8 Å². The summed E-state index contributed by atoms with van der Waals surface area (Å²) < 4.78 is 6.57. The Balaban J connectivity index is 2.35. The molecule has 2 rings (SSSR count). The van der Waals surface area contributed by atoms with Gasteiger partial charge in [0.05, 0.1) is 17.9 Å². The van der Waals surface area contributed by atoms with Crippen molar-refractivity contribution in [2.24, 2.45) is 4.99 Å². The Labute approximate surface area is 156 Å². The van der Waals surface area contributed by atoms with Crippen molar-refractivity contribution >= 4 is 30.1 Å². The molecule has 26 heavy (non-hydrogen) atoms. The number of carbonyl (C=O) groups is 1. The van der Waals surface area contributed by atoms with E-state index >= 15 is 0 Å². The number of aliphatic imine (C=N–C) groups is 1. The number of nitrogens with one attached hydrogen (secondary N) is 1. The molecule has 1 heterocycles. The van der Waals surface area contributed by atoms with Crippen LogP contribution in [0.15, 0.2) is 34.1 Å². The van der Waals surface area contributed by atoms with E-state index in [0.29, 0.717) is 17.9 Å². The maximum atomic E-state index is 12.1. The van der Waals surface area contributed by atoms with Crippen LogP contribution in [-0.4, -0.2) is 33.4 Å². The molecule has 7 nitrogen and oxygen atoms in total. The van der Waals surface area contributed by atoms with E-state index in [1.165, 1.54) is 10.8 Å². The molecule has 0 aliphatic carbocycles. The molecule has 2 N–H and O–H groups in total. The number of hydrogen-bond donors (Lipinski definition) is 2. The molecule has 1 aromatic carbocycles. The highest BCUT2D eigenvalue weighted by Crippen LogP contribution is 2.21. The highest BCUT2D eigenvalue weighted by atomic mass is 32.1. The van der Waals surface area contributed by atoms with Crippen LogP contribution >= 0.6 is 12.2 Å². The third kappa shape index (κ3) is 4.26. The van der Waals surface area contributed by atoms with Crippen molar-refractivity contribution in [3.05, 3.63) is 50.5 Å². The van der Waals surface area contributed by atoms with Crippen molar-refractivity contribution in [3.8, 4) is 5.88 Å². The molecule has 0 saturated carbocycles. The summed E-state index contributed by atoms with van der Waals surface area (Å²) in [6, 6.07) is 6.34. The summed E-state index contributed by atoms with van der Waals surface area (Å²) in [7, 11) is 0. The SMILES string of the molecule is CCOC(=O)c1ccc(N=Cc2c(O)n([C@@H](C)CC)c(=S)[nH]c2=O)cc1. The zero-order valence-electron chi connectivity index (χ0n) is 14.9. The first-order chi connectivity index (χ1) is 12.4. The molecule has 0 radical (unpaired) electrons. The summed E-state index contributed by atoms with van der Waals surface area (Å²) in [5.74, 6) is -0.632. The first-order valence-electron chi connectivity index (χ1n) is 8.28. The largest absolute Gasteiger partial charge is 0.494 e. The number of benzene rings is 1. The van der Waals surface area contributed by atoms with E-state index in [2.05, 4.69) is 9.98 Å². The lowest BCUT2D eigenvalue weighted by Gasteiger charge is -2.16. The zero-order valence-corrected chi connectivity index (χ0v) is 15.7. The normalized spacial score (nSPS) is 12.3. The number of ether oxygens (including phenoxy) is 1. The molecular weight excluding hydrogens is 354 g/mol. The minimum absolute atomic E-state index is 0.0216. The Kier molecular flexibility index (Phi) is 6.46. The summed E-state index contributed by atoms with van der Waals surface area (Å²) >= 11 is 5.13. The van der Waals surface area contributed by atoms with Crippen LogP contribution in [0.5, 0.6) is 5.88 Å². The first kappa shape index (κ1) is 19.6. The minimum atomic E-state index is -0.515. The maximum absolute atomic E-state index is 12.1. The molecular formula is C18H21N3O4S. The predicted octanol–water partition coefficient (Wildman–Crippen LogP) is 3.51. The number of hydrogen-bond acceptors (Lipinski definition) is 6. The molecule has 0 spiro atoms. The molecule has 0 saturated heterocycles. The molecule has 2 aromatic rings. The van der Waals surface area contributed by atoms with Crippen LogP contribution in [0.1, 0.15) is 49.2 Å². The second-order valence-electron chi connectivity index (χ2n) is 5.65. The Morgan fingerprint density at radius 2 is 2.04 bits per heavy atom. The summed E-state index contributed by atoms with van der Waals surface area (Å²) in [6.07, 6.45) is 2.01. The average molecular weight is 375 g/mol. The van der Waals surface area contributed by atoms with Crippen LogP contribution in [0.25, 0.3) is 0 Å². The van der Waals surface area contributed by atoms with Crippen molar-refractivity contribution in [1.82, 2.24) is 9.55 Å². The van der Waals surface area contributed by atoms with Crippen molar-refractivity contribution in [3.63, 3.8) is 0 Å². The van der Waals surface area contributed by atoms with E-state index in [0.717, 1.165) is 6.42 Å². The topological polar surface area (TPSA) is 96.7 Å². The van der Waals surface area contributed by atoms with Gasteiger partial charge < -0.3 is 9.84 Å². The van der Waals surface area contributed by atoms with Gasteiger partial charge in [-0.3, -0.25) is 19.3 Å². The van der Waals surface area contributed by atoms with Gasteiger partial charge in [-0.1, -0.05) is 6.92 Å². The first-order valence-corrected chi connectivity index (χ1v) is 8.68. The van der Waals surface area contributed by atoms with E-state index in [1.54, 1.807) is 31.2 Å². The van der Waals surface area contributed by atoms with Crippen LogP contribution in [-0.2, 0) is 4.74 Å². The Morgan fingerprint density at radius 3 is 2.62 bits per heavy atom. The average Bonchev–Trinajstić information content (AvgIpc) is 2.61. The fourth-order valence-corrected chi connectivity index (χ4v) is 2.66. The van der Waals surface area contributed by atoms with E-state index in [1.807, 2.05) is 13.8 Å². The van der Waals surface area contributed by atoms with Crippen LogP contribution in [0.3, 0.4) is 0 Å². The van der Waals surface area contributed by atoms with E-state index in [9.17, 15) is 14.7 Å². The van der Waals surface area contributed by atoms with Crippen LogP contribution in [0.4, 0.5) is 5.69 Å². The Bertz CT molecular complexity index is 929. The lowest BCUT2D eigenvalue weighted by molar-refractivity contribution is 0.0526. The summed E-state index contributed by atoms with van der Waals surface area (Å²) in [4.78, 5) is 30.5. The van der Waals surface area contributed by atoms with Gasteiger partial charge in [-0.15, -0.1) is 0 Å². The lowest BCUT2D eigenvalue weighted by Crippen LogP contribution is -2.20. The third-order valence-electron chi connectivity index (χ3n) is 3.91. The maximum Gasteiger partial charge on any atom is 0.338 e. The number of rotatable bonds is 6. The van der Waals surface area contributed by atoms with Crippen LogP contribution in [0.2, 0.25) is 0 Å².